The summed E-state index contributed by atoms with van der Waals surface area (Å²) in [4.78, 5) is 19.1. The average Bonchev–Trinajstić information content (AvgIpc) is 2.86. The first-order chi connectivity index (χ1) is 15.9. The van der Waals surface area contributed by atoms with Crippen LogP contribution in [0, 0.1) is 11.3 Å². The quantitative estimate of drug-likeness (QED) is 0.537. The second-order valence-corrected chi connectivity index (χ2v) is 7.60. The molecule has 0 aliphatic carbocycles. The molecule has 8 heteroatoms. The number of hydrogen-bond acceptors (Lipinski definition) is 5. The normalized spacial score (nSPS) is 16.5. The number of nitriles is 1. The zero-order valence-electron chi connectivity index (χ0n) is 17.5. The zero-order chi connectivity index (χ0) is 23.5. The average molecular weight is 451 g/mol. The first-order valence-corrected chi connectivity index (χ1v) is 10.3. The van der Waals surface area contributed by atoms with Gasteiger partial charge < -0.3 is 4.74 Å². The number of alkyl halides is 3. The van der Waals surface area contributed by atoms with Gasteiger partial charge in [0.05, 0.1) is 24.8 Å². The Balaban J connectivity index is 2.02. The van der Waals surface area contributed by atoms with Crippen molar-refractivity contribution >= 4 is 5.78 Å². The fourth-order valence-electron chi connectivity index (χ4n) is 4.08. The summed E-state index contributed by atoms with van der Waals surface area (Å²) < 4.78 is 46.6. The fraction of sp³-hybridized carbons (Fsp3) is 0.240. The van der Waals surface area contributed by atoms with Crippen molar-refractivity contribution in [1.82, 2.24) is 9.88 Å². The Kier molecular flexibility index (Phi) is 6.27. The number of rotatable bonds is 5. The van der Waals surface area contributed by atoms with Gasteiger partial charge in [-0.2, -0.15) is 18.4 Å². The molecular formula is C25H20F3N3O2. The first-order valence-electron chi connectivity index (χ1n) is 10.3. The smallest absolute Gasteiger partial charge is 0.379 e. The molecule has 0 unspecified atom stereocenters. The maximum Gasteiger partial charge on any atom is 0.417 e. The lowest BCUT2D eigenvalue weighted by Gasteiger charge is -2.42. The summed E-state index contributed by atoms with van der Waals surface area (Å²) >= 11 is 0. The third-order valence-corrected chi connectivity index (χ3v) is 5.69. The molecule has 1 aromatic heterocycles. The van der Waals surface area contributed by atoms with E-state index < -0.39 is 23.1 Å². The van der Waals surface area contributed by atoms with Gasteiger partial charge in [0.15, 0.2) is 5.54 Å². The van der Waals surface area contributed by atoms with E-state index in [0.717, 1.165) is 6.07 Å². The van der Waals surface area contributed by atoms with Crippen LogP contribution in [0.4, 0.5) is 13.2 Å². The molecule has 2 heterocycles. The number of carbonyl (C=O) groups excluding carboxylic acids is 1. The summed E-state index contributed by atoms with van der Waals surface area (Å²) in [7, 11) is 0. The van der Waals surface area contributed by atoms with Crippen LogP contribution in [0.15, 0.2) is 72.9 Å². The Bertz CT molecular complexity index is 1170. The van der Waals surface area contributed by atoms with Crippen molar-refractivity contribution in [3.63, 3.8) is 0 Å². The molecule has 0 bridgehead atoms. The highest BCUT2D eigenvalue weighted by Gasteiger charge is 2.46. The summed E-state index contributed by atoms with van der Waals surface area (Å²) in [5.74, 6) is -0.553. The van der Waals surface area contributed by atoms with Gasteiger partial charge in [-0.25, -0.2) is 0 Å². The molecule has 5 nitrogen and oxygen atoms in total. The number of benzene rings is 2. The van der Waals surface area contributed by atoms with Gasteiger partial charge in [-0.1, -0.05) is 60.7 Å². The van der Waals surface area contributed by atoms with Crippen LogP contribution in [0.5, 0.6) is 0 Å². The fourth-order valence-corrected chi connectivity index (χ4v) is 4.08. The highest BCUT2D eigenvalue weighted by Crippen LogP contribution is 2.40. The number of ketones is 1. The second kappa shape index (κ2) is 9.14. The number of nitrogens with zero attached hydrogens (tertiary/aromatic N) is 3. The van der Waals surface area contributed by atoms with Gasteiger partial charge in [-0.05, 0) is 11.6 Å². The van der Waals surface area contributed by atoms with Gasteiger partial charge >= 0.3 is 6.18 Å². The van der Waals surface area contributed by atoms with E-state index in [4.69, 9.17) is 4.74 Å². The maximum atomic E-state index is 13.7. The van der Waals surface area contributed by atoms with Crippen LogP contribution in [-0.2, 0) is 16.5 Å². The van der Waals surface area contributed by atoms with Crippen molar-refractivity contribution in [3.05, 3.63) is 101 Å². The predicted molar refractivity (Wildman–Crippen MR) is 114 cm³/mol. The van der Waals surface area contributed by atoms with E-state index in [-0.39, 0.29) is 16.8 Å². The standard InChI is InChI=1S/C25H20F3N3O2/c26-25(27,28)20-15-21(22(30-16-20)23(32)18-7-3-1-4-8-18)24(17-29,19-9-5-2-6-10-19)31-11-13-33-14-12-31/h1-10,15-16H,11-14H2/t24-/m1/s1. The van der Waals surface area contributed by atoms with Crippen LogP contribution in [0.1, 0.15) is 32.7 Å². The first kappa shape index (κ1) is 22.6. The van der Waals surface area contributed by atoms with Gasteiger partial charge in [0.2, 0.25) is 5.78 Å². The Labute approximate surface area is 189 Å². The van der Waals surface area contributed by atoms with E-state index in [1.807, 2.05) is 0 Å². The number of ether oxygens (including phenoxy) is 1. The van der Waals surface area contributed by atoms with Gasteiger partial charge in [-0.15, -0.1) is 0 Å². The molecule has 1 atom stereocenters. The van der Waals surface area contributed by atoms with E-state index in [9.17, 15) is 23.2 Å². The summed E-state index contributed by atoms with van der Waals surface area (Å²) in [6.07, 6.45) is -4.05. The molecule has 0 spiro atoms. The number of morpholine rings is 1. The molecule has 0 amide bonds. The van der Waals surface area contributed by atoms with Gasteiger partial charge in [0, 0.05) is 30.4 Å². The molecule has 4 rings (SSSR count). The lowest BCUT2D eigenvalue weighted by atomic mass is 9.79. The van der Waals surface area contributed by atoms with Crippen LogP contribution >= 0.6 is 0 Å². The Hall–Kier alpha value is -3.54. The van der Waals surface area contributed by atoms with Gasteiger partial charge in [-0.3, -0.25) is 14.7 Å². The minimum Gasteiger partial charge on any atom is -0.379 e. The molecule has 0 saturated carbocycles. The highest BCUT2D eigenvalue weighted by molar-refractivity contribution is 6.09. The van der Waals surface area contributed by atoms with Crippen molar-refractivity contribution in [2.75, 3.05) is 26.3 Å². The molecule has 33 heavy (non-hydrogen) atoms. The SMILES string of the molecule is N#C[C@@](c1ccccc1)(c1cc(C(F)(F)F)cnc1C(=O)c1ccccc1)N1CCOCC1. The molecule has 1 fully saturated rings. The van der Waals surface area contributed by atoms with E-state index in [1.54, 1.807) is 65.6 Å². The lowest BCUT2D eigenvalue weighted by molar-refractivity contribution is -0.138. The number of pyridine rings is 1. The number of aromatic nitrogens is 1. The maximum absolute atomic E-state index is 13.7. The molecule has 1 aliphatic heterocycles. The van der Waals surface area contributed by atoms with Crippen LogP contribution in [0.25, 0.3) is 0 Å². The minimum atomic E-state index is -4.70. The van der Waals surface area contributed by atoms with Crippen molar-refractivity contribution in [2.24, 2.45) is 0 Å². The molecular weight excluding hydrogens is 431 g/mol. The van der Waals surface area contributed by atoms with Crippen LogP contribution in [0.3, 0.4) is 0 Å². The number of hydrogen-bond donors (Lipinski definition) is 0. The van der Waals surface area contributed by atoms with Crippen molar-refractivity contribution in [1.29, 1.82) is 5.26 Å². The van der Waals surface area contributed by atoms with E-state index in [2.05, 4.69) is 11.1 Å². The summed E-state index contributed by atoms with van der Waals surface area (Å²) in [6, 6.07) is 19.9. The van der Waals surface area contributed by atoms with E-state index in [0.29, 0.717) is 38.1 Å². The monoisotopic (exact) mass is 451 g/mol. The Morgan fingerprint density at radius 2 is 1.58 bits per heavy atom. The molecule has 168 valence electrons. The van der Waals surface area contributed by atoms with E-state index in [1.165, 1.54) is 0 Å². The highest BCUT2D eigenvalue weighted by atomic mass is 19.4. The third-order valence-electron chi connectivity index (χ3n) is 5.69. The molecule has 0 radical (unpaired) electrons. The molecule has 1 saturated heterocycles. The molecule has 0 N–H and O–H groups in total. The van der Waals surface area contributed by atoms with Gasteiger partial charge in [0.25, 0.3) is 0 Å². The minimum absolute atomic E-state index is 0.0956. The lowest BCUT2D eigenvalue weighted by Crippen LogP contribution is -2.52. The predicted octanol–water partition coefficient (Wildman–Crippen LogP) is 4.43. The number of carbonyl (C=O) groups is 1. The van der Waals surface area contributed by atoms with Crippen LogP contribution < -0.4 is 0 Å². The Morgan fingerprint density at radius 3 is 2.15 bits per heavy atom. The van der Waals surface area contributed by atoms with Crippen molar-refractivity contribution in [3.8, 4) is 6.07 Å². The summed E-state index contributed by atoms with van der Waals surface area (Å²) in [5, 5.41) is 10.6. The molecule has 3 aromatic rings. The largest absolute Gasteiger partial charge is 0.417 e. The zero-order valence-corrected chi connectivity index (χ0v) is 17.5. The molecule has 2 aromatic carbocycles. The van der Waals surface area contributed by atoms with Crippen LogP contribution in [-0.4, -0.2) is 42.0 Å². The summed E-state index contributed by atoms with van der Waals surface area (Å²) in [6.45, 7) is 1.23. The Morgan fingerprint density at radius 1 is 0.970 bits per heavy atom. The van der Waals surface area contributed by atoms with Crippen molar-refractivity contribution < 1.29 is 22.7 Å². The topological polar surface area (TPSA) is 66.2 Å². The third kappa shape index (κ3) is 4.25. The van der Waals surface area contributed by atoms with E-state index >= 15 is 0 Å². The second-order valence-electron chi connectivity index (χ2n) is 7.60. The van der Waals surface area contributed by atoms with Crippen LogP contribution in [0.2, 0.25) is 0 Å². The van der Waals surface area contributed by atoms with Gasteiger partial charge in [0.1, 0.15) is 5.69 Å². The number of halogens is 3. The van der Waals surface area contributed by atoms with Crippen molar-refractivity contribution in [2.45, 2.75) is 11.7 Å². The summed E-state index contributed by atoms with van der Waals surface area (Å²) in [5.41, 5.74) is -2.25. The molecule has 1 aliphatic rings.